The number of nitrogens with one attached hydrogen (secondary N) is 1. The summed E-state index contributed by atoms with van der Waals surface area (Å²) in [4.78, 5) is 14.2. The average molecular weight is 296 g/mol. The van der Waals surface area contributed by atoms with Crippen molar-refractivity contribution in [1.82, 2.24) is 10.2 Å². The van der Waals surface area contributed by atoms with Gasteiger partial charge in [0.2, 0.25) is 5.91 Å². The minimum Gasteiger partial charge on any atom is -0.392 e. The normalized spacial score (nSPS) is 23.5. The van der Waals surface area contributed by atoms with Crippen LogP contribution in [0, 0.1) is 11.3 Å². The topological polar surface area (TPSA) is 52.6 Å². The predicted octanol–water partition coefficient (Wildman–Crippen LogP) is 2.16. The van der Waals surface area contributed by atoms with Gasteiger partial charge < -0.3 is 15.3 Å². The summed E-state index contributed by atoms with van der Waals surface area (Å²) in [7, 11) is 0. The van der Waals surface area contributed by atoms with Gasteiger partial charge in [-0.2, -0.15) is 0 Å². The molecule has 4 heteroatoms. The highest BCUT2D eigenvalue weighted by Crippen LogP contribution is 2.27. The fraction of sp³-hybridized carbons (Fsp3) is 0.941. The van der Waals surface area contributed by atoms with Crippen LogP contribution in [-0.2, 0) is 4.79 Å². The first-order valence-corrected chi connectivity index (χ1v) is 8.59. The lowest BCUT2D eigenvalue weighted by Gasteiger charge is -2.36. The van der Waals surface area contributed by atoms with Crippen LogP contribution < -0.4 is 5.32 Å². The maximum atomic E-state index is 12.2. The number of aliphatic hydroxyl groups excluding tert-OH is 1. The molecule has 0 aromatic carbocycles. The number of rotatable bonds is 4. The minimum atomic E-state index is -0.279. The van der Waals surface area contributed by atoms with E-state index < -0.39 is 0 Å². The second-order valence-electron chi connectivity index (χ2n) is 7.84. The molecular formula is C17H32N2O2. The first kappa shape index (κ1) is 16.8. The molecule has 1 aliphatic heterocycles. The highest BCUT2D eigenvalue weighted by molar-refractivity contribution is 5.81. The second-order valence-corrected chi connectivity index (χ2v) is 7.84. The van der Waals surface area contributed by atoms with Gasteiger partial charge in [-0.25, -0.2) is 0 Å². The Hall–Kier alpha value is -0.610. The van der Waals surface area contributed by atoms with E-state index in [1.165, 1.54) is 25.7 Å². The van der Waals surface area contributed by atoms with E-state index >= 15 is 0 Å². The number of piperidine rings is 1. The van der Waals surface area contributed by atoms with Gasteiger partial charge in [0.25, 0.3) is 0 Å². The number of amides is 1. The summed E-state index contributed by atoms with van der Waals surface area (Å²) in [5.41, 5.74) is -0.279. The summed E-state index contributed by atoms with van der Waals surface area (Å²) in [6, 6.07) is 0.449. The fourth-order valence-electron chi connectivity index (χ4n) is 3.56. The van der Waals surface area contributed by atoms with Crippen LogP contribution >= 0.6 is 0 Å². The number of likely N-dealkylation sites (tertiary alicyclic amines) is 1. The smallest absolute Gasteiger partial charge is 0.227 e. The number of hydrogen-bond donors (Lipinski definition) is 2. The van der Waals surface area contributed by atoms with Gasteiger partial charge in [0.05, 0.1) is 6.10 Å². The van der Waals surface area contributed by atoms with Gasteiger partial charge in [0, 0.05) is 31.1 Å². The van der Waals surface area contributed by atoms with Crippen molar-refractivity contribution >= 4 is 5.91 Å². The van der Waals surface area contributed by atoms with Crippen LogP contribution in [0.25, 0.3) is 0 Å². The van der Waals surface area contributed by atoms with Crippen molar-refractivity contribution in [2.24, 2.45) is 11.3 Å². The molecule has 4 nitrogen and oxygen atoms in total. The highest BCUT2D eigenvalue weighted by atomic mass is 16.3. The van der Waals surface area contributed by atoms with E-state index in [-0.39, 0.29) is 17.4 Å². The molecule has 1 aliphatic carbocycles. The lowest BCUT2D eigenvalue weighted by atomic mass is 9.93. The molecule has 2 fully saturated rings. The molecular weight excluding hydrogens is 264 g/mol. The molecule has 0 radical (unpaired) electrons. The summed E-state index contributed by atoms with van der Waals surface area (Å²) in [6.45, 7) is 8.34. The maximum absolute atomic E-state index is 12.2. The van der Waals surface area contributed by atoms with Crippen molar-refractivity contribution in [3.8, 4) is 0 Å². The Labute approximate surface area is 129 Å². The van der Waals surface area contributed by atoms with Crippen molar-refractivity contribution in [2.45, 2.75) is 71.4 Å². The van der Waals surface area contributed by atoms with E-state index in [2.05, 4.69) is 5.32 Å². The Morgan fingerprint density at radius 1 is 1.19 bits per heavy atom. The zero-order chi connectivity index (χ0) is 15.5. The number of hydrogen-bond acceptors (Lipinski definition) is 3. The minimum absolute atomic E-state index is 0.193. The molecule has 2 rings (SSSR count). The number of carbonyl (C=O) groups excluding carboxylic acids is 1. The second kappa shape index (κ2) is 7.10. The number of carbonyl (C=O) groups is 1. The molecule has 0 bridgehead atoms. The highest BCUT2D eigenvalue weighted by Gasteiger charge is 2.30. The largest absolute Gasteiger partial charge is 0.392 e. The van der Waals surface area contributed by atoms with Crippen LogP contribution in [0.5, 0.6) is 0 Å². The van der Waals surface area contributed by atoms with Gasteiger partial charge in [0.15, 0.2) is 0 Å². The van der Waals surface area contributed by atoms with Gasteiger partial charge in [-0.15, -0.1) is 0 Å². The molecule has 1 saturated carbocycles. The molecule has 1 saturated heterocycles. The van der Waals surface area contributed by atoms with Gasteiger partial charge >= 0.3 is 0 Å². The Bertz CT molecular complexity index is 337. The maximum Gasteiger partial charge on any atom is 0.227 e. The first-order valence-electron chi connectivity index (χ1n) is 8.59. The van der Waals surface area contributed by atoms with Gasteiger partial charge in [0.1, 0.15) is 0 Å². The lowest BCUT2D eigenvalue weighted by Crippen LogP contribution is -2.49. The van der Waals surface area contributed by atoms with Gasteiger partial charge in [-0.3, -0.25) is 4.79 Å². The van der Waals surface area contributed by atoms with Crippen LogP contribution in [0.15, 0.2) is 0 Å². The van der Waals surface area contributed by atoms with Crippen LogP contribution in [0.3, 0.4) is 0 Å². The van der Waals surface area contributed by atoms with Crippen molar-refractivity contribution in [3.63, 3.8) is 0 Å². The zero-order valence-electron chi connectivity index (χ0n) is 13.9. The van der Waals surface area contributed by atoms with Crippen LogP contribution in [0.1, 0.15) is 59.3 Å². The number of aliphatic hydroxyl groups is 1. The summed E-state index contributed by atoms with van der Waals surface area (Å²) < 4.78 is 0. The van der Waals surface area contributed by atoms with Crippen molar-refractivity contribution < 1.29 is 9.90 Å². The van der Waals surface area contributed by atoms with Crippen molar-refractivity contribution in [3.05, 3.63) is 0 Å². The SMILES string of the molecule is CC(C)(C)C(=O)N1CCC(NCC(O)C2CCCC2)CC1. The average Bonchev–Trinajstić information content (AvgIpc) is 2.98. The molecule has 0 spiro atoms. The zero-order valence-corrected chi connectivity index (χ0v) is 13.9. The van der Waals surface area contributed by atoms with Gasteiger partial charge in [-0.05, 0) is 31.6 Å². The standard InChI is InChI=1S/C17H32N2O2/c1-17(2,3)16(21)19-10-8-14(9-11-19)18-12-15(20)13-6-4-5-7-13/h13-15,18,20H,4-12H2,1-3H3. The Morgan fingerprint density at radius 2 is 1.76 bits per heavy atom. The molecule has 1 heterocycles. The molecule has 0 aromatic rings. The third-order valence-corrected chi connectivity index (χ3v) is 4.98. The molecule has 1 amide bonds. The number of nitrogens with zero attached hydrogens (tertiary/aromatic N) is 1. The van der Waals surface area contributed by atoms with E-state index in [4.69, 9.17) is 0 Å². The molecule has 2 N–H and O–H groups in total. The Morgan fingerprint density at radius 3 is 2.29 bits per heavy atom. The lowest BCUT2D eigenvalue weighted by molar-refractivity contribution is -0.140. The van der Waals surface area contributed by atoms with E-state index in [9.17, 15) is 9.90 Å². The third-order valence-electron chi connectivity index (χ3n) is 4.98. The molecule has 2 aliphatic rings. The molecule has 21 heavy (non-hydrogen) atoms. The molecule has 122 valence electrons. The molecule has 1 unspecified atom stereocenters. The fourth-order valence-corrected chi connectivity index (χ4v) is 3.56. The van der Waals surface area contributed by atoms with Gasteiger partial charge in [-0.1, -0.05) is 33.6 Å². The van der Waals surface area contributed by atoms with Crippen LogP contribution in [-0.4, -0.2) is 47.7 Å². The molecule has 0 aromatic heterocycles. The summed E-state index contributed by atoms with van der Waals surface area (Å²) >= 11 is 0. The van der Waals surface area contributed by atoms with Crippen LogP contribution in [0.2, 0.25) is 0 Å². The van der Waals surface area contributed by atoms with Crippen LogP contribution in [0.4, 0.5) is 0 Å². The predicted molar refractivity (Wildman–Crippen MR) is 85.0 cm³/mol. The van der Waals surface area contributed by atoms with E-state index in [0.717, 1.165) is 25.9 Å². The Kier molecular flexibility index (Phi) is 5.67. The summed E-state index contributed by atoms with van der Waals surface area (Å²) in [6.07, 6.45) is 6.72. The van der Waals surface area contributed by atoms with E-state index in [1.54, 1.807) is 0 Å². The van der Waals surface area contributed by atoms with Crippen molar-refractivity contribution in [1.29, 1.82) is 0 Å². The molecule has 1 atom stereocenters. The Balaban J connectivity index is 1.68. The summed E-state index contributed by atoms with van der Waals surface area (Å²) in [5, 5.41) is 13.7. The van der Waals surface area contributed by atoms with E-state index in [1.807, 2.05) is 25.7 Å². The monoisotopic (exact) mass is 296 g/mol. The third kappa shape index (κ3) is 4.68. The van der Waals surface area contributed by atoms with Crippen molar-refractivity contribution in [2.75, 3.05) is 19.6 Å². The first-order chi connectivity index (χ1) is 9.88. The summed E-state index contributed by atoms with van der Waals surface area (Å²) in [5.74, 6) is 0.756. The quantitative estimate of drug-likeness (QED) is 0.836. The van der Waals surface area contributed by atoms with E-state index in [0.29, 0.717) is 18.5 Å².